The number of nitrogens with one attached hydrogen (secondary N) is 1. The predicted molar refractivity (Wildman–Crippen MR) is 86.2 cm³/mol. The lowest BCUT2D eigenvalue weighted by Crippen LogP contribution is -2.30. The van der Waals surface area contributed by atoms with E-state index < -0.39 is 10.0 Å². The van der Waals surface area contributed by atoms with Crippen LogP contribution in [-0.4, -0.2) is 27.3 Å². The smallest absolute Gasteiger partial charge is 0.214 e. The summed E-state index contributed by atoms with van der Waals surface area (Å²) < 4.78 is 31.6. The van der Waals surface area contributed by atoms with Gasteiger partial charge in [-0.2, -0.15) is 11.3 Å². The molecule has 0 bridgehead atoms. The molecule has 114 valence electrons. The Bertz CT molecular complexity index is 655. The van der Waals surface area contributed by atoms with Crippen molar-refractivity contribution >= 4 is 27.0 Å². The van der Waals surface area contributed by atoms with Gasteiger partial charge in [-0.05, 0) is 40.9 Å². The van der Waals surface area contributed by atoms with Crippen LogP contribution in [0.3, 0.4) is 0 Å². The van der Waals surface area contributed by atoms with Gasteiger partial charge in [-0.1, -0.05) is 12.1 Å². The lowest BCUT2D eigenvalue weighted by Gasteiger charge is -2.09. The van der Waals surface area contributed by atoms with Gasteiger partial charge >= 0.3 is 0 Å². The van der Waals surface area contributed by atoms with Crippen molar-refractivity contribution in [2.45, 2.75) is 6.42 Å². The number of rotatable bonds is 8. The van der Waals surface area contributed by atoms with E-state index in [1.807, 2.05) is 16.8 Å². The van der Waals surface area contributed by atoms with E-state index in [0.717, 1.165) is 5.56 Å². The SMILES string of the molecule is Nc1ccccc1OCCS(=O)(=O)NCCc1ccsc1. The van der Waals surface area contributed by atoms with Crippen LogP contribution in [0.4, 0.5) is 5.69 Å². The summed E-state index contributed by atoms with van der Waals surface area (Å²) in [5.74, 6) is 0.413. The van der Waals surface area contributed by atoms with E-state index in [0.29, 0.717) is 24.4 Å². The minimum Gasteiger partial charge on any atom is -0.490 e. The van der Waals surface area contributed by atoms with Gasteiger partial charge in [0.05, 0.1) is 11.4 Å². The molecule has 0 saturated carbocycles. The monoisotopic (exact) mass is 326 g/mol. The van der Waals surface area contributed by atoms with Crippen LogP contribution in [0, 0.1) is 0 Å². The largest absolute Gasteiger partial charge is 0.490 e. The molecule has 1 aromatic carbocycles. The van der Waals surface area contributed by atoms with E-state index >= 15 is 0 Å². The Morgan fingerprint density at radius 3 is 2.76 bits per heavy atom. The van der Waals surface area contributed by atoms with Crippen LogP contribution in [0.2, 0.25) is 0 Å². The van der Waals surface area contributed by atoms with Crippen molar-refractivity contribution in [1.82, 2.24) is 4.72 Å². The van der Waals surface area contributed by atoms with Crippen LogP contribution in [0.5, 0.6) is 5.75 Å². The maximum Gasteiger partial charge on any atom is 0.214 e. The third kappa shape index (κ3) is 5.37. The lowest BCUT2D eigenvalue weighted by atomic mass is 10.2. The minimum atomic E-state index is -3.33. The number of ether oxygens (including phenoxy) is 1. The number of benzene rings is 1. The van der Waals surface area contributed by atoms with E-state index in [9.17, 15) is 8.42 Å². The number of hydrogen-bond donors (Lipinski definition) is 2. The van der Waals surface area contributed by atoms with E-state index in [-0.39, 0.29) is 12.4 Å². The molecule has 1 aromatic heterocycles. The first-order valence-corrected chi connectivity index (χ1v) is 9.12. The van der Waals surface area contributed by atoms with Gasteiger partial charge < -0.3 is 10.5 Å². The van der Waals surface area contributed by atoms with Gasteiger partial charge in [0.25, 0.3) is 0 Å². The highest BCUT2D eigenvalue weighted by Crippen LogP contribution is 2.19. The molecule has 0 atom stereocenters. The number of nitrogen functional groups attached to an aromatic ring is 1. The molecule has 0 amide bonds. The van der Waals surface area contributed by atoms with Gasteiger partial charge in [0.15, 0.2) is 0 Å². The predicted octanol–water partition coefficient (Wildman–Crippen LogP) is 1.87. The van der Waals surface area contributed by atoms with Crippen molar-refractivity contribution in [3.05, 3.63) is 46.7 Å². The van der Waals surface area contributed by atoms with Crippen molar-refractivity contribution in [3.8, 4) is 5.75 Å². The molecule has 1 heterocycles. The van der Waals surface area contributed by atoms with Crippen LogP contribution in [0.1, 0.15) is 5.56 Å². The third-order valence-electron chi connectivity index (χ3n) is 2.84. The third-order valence-corrected chi connectivity index (χ3v) is 4.92. The normalized spacial score (nSPS) is 11.4. The van der Waals surface area contributed by atoms with Crippen molar-refractivity contribution in [2.24, 2.45) is 0 Å². The summed E-state index contributed by atoms with van der Waals surface area (Å²) in [6.07, 6.45) is 0.690. The van der Waals surface area contributed by atoms with Gasteiger partial charge in [0.2, 0.25) is 10.0 Å². The number of hydrogen-bond acceptors (Lipinski definition) is 5. The van der Waals surface area contributed by atoms with Gasteiger partial charge in [-0.3, -0.25) is 0 Å². The Hall–Kier alpha value is -1.57. The summed E-state index contributed by atoms with van der Waals surface area (Å²) in [4.78, 5) is 0. The summed E-state index contributed by atoms with van der Waals surface area (Å²) in [5.41, 5.74) is 7.35. The zero-order valence-corrected chi connectivity index (χ0v) is 13.1. The molecule has 0 spiro atoms. The lowest BCUT2D eigenvalue weighted by molar-refractivity contribution is 0.342. The fraction of sp³-hybridized carbons (Fsp3) is 0.286. The second-order valence-corrected chi connectivity index (χ2v) is 7.19. The van der Waals surface area contributed by atoms with Crippen molar-refractivity contribution in [1.29, 1.82) is 0 Å². The highest BCUT2D eigenvalue weighted by Gasteiger charge is 2.10. The quantitative estimate of drug-likeness (QED) is 0.726. The minimum absolute atomic E-state index is 0.0714. The maximum absolute atomic E-state index is 11.8. The highest BCUT2D eigenvalue weighted by molar-refractivity contribution is 7.89. The summed E-state index contributed by atoms with van der Waals surface area (Å²) in [5, 5.41) is 3.98. The van der Waals surface area contributed by atoms with Crippen LogP contribution >= 0.6 is 11.3 Å². The van der Waals surface area contributed by atoms with Crippen molar-refractivity contribution in [2.75, 3.05) is 24.6 Å². The first-order chi connectivity index (χ1) is 10.1. The number of sulfonamides is 1. The second kappa shape index (κ2) is 7.44. The van der Waals surface area contributed by atoms with Crippen LogP contribution < -0.4 is 15.2 Å². The molecule has 0 unspecified atom stereocenters. The molecule has 3 N–H and O–H groups in total. The molecule has 0 radical (unpaired) electrons. The van der Waals surface area contributed by atoms with Crippen LogP contribution in [0.15, 0.2) is 41.1 Å². The summed E-state index contributed by atoms with van der Waals surface area (Å²) in [6.45, 7) is 0.467. The Morgan fingerprint density at radius 1 is 1.24 bits per heavy atom. The molecule has 0 aliphatic heterocycles. The zero-order chi connectivity index (χ0) is 15.1. The molecule has 0 fully saturated rings. The standard InChI is InChI=1S/C14H18N2O3S2/c15-13-3-1-2-4-14(13)19-8-10-21(17,18)16-7-5-12-6-9-20-11-12/h1-4,6,9,11,16H,5,7-8,10,15H2. The van der Waals surface area contributed by atoms with Crippen molar-refractivity contribution < 1.29 is 13.2 Å². The average Bonchev–Trinajstić information content (AvgIpc) is 2.94. The molecule has 7 heteroatoms. The van der Waals surface area contributed by atoms with E-state index in [1.165, 1.54) is 0 Å². The molecule has 0 aliphatic rings. The van der Waals surface area contributed by atoms with Gasteiger partial charge in [-0.25, -0.2) is 13.1 Å². The van der Waals surface area contributed by atoms with Gasteiger partial charge in [0, 0.05) is 6.54 Å². The fourth-order valence-corrected chi connectivity index (χ4v) is 3.29. The summed E-state index contributed by atoms with van der Waals surface area (Å²) in [7, 11) is -3.33. The van der Waals surface area contributed by atoms with Crippen molar-refractivity contribution in [3.63, 3.8) is 0 Å². The molecule has 21 heavy (non-hydrogen) atoms. The molecule has 2 aromatic rings. The Morgan fingerprint density at radius 2 is 2.05 bits per heavy atom. The first-order valence-electron chi connectivity index (χ1n) is 6.52. The average molecular weight is 326 g/mol. The van der Waals surface area contributed by atoms with Gasteiger partial charge in [-0.15, -0.1) is 0 Å². The molecule has 0 aliphatic carbocycles. The van der Waals surface area contributed by atoms with Gasteiger partial charge in [0.1, 0.15) is 12.4 Å². The number of anilines is 1. The molecule has 5 nitrogen and oxygen atoms in total. The van der Waals surface area contributed by atoms with Crippen LogP contribution in [-0.2, 0) is 16.4 Å². The van der Waals surface area contributed by atoms with E-state index in [4.69, 9.17) is 10.5 Å². The maximum atomic E-state index is 11.8. The van der Waals surface area contributed by atoms with E-state index in [2.05, 4.69) is 4.72 Å². The molecular weight excluding hydrogens is 308 g/mol. The number of thiophene rings is 1. The number of nitrogens with two attached hydrogens (primary N) is 1. The Kier molecular flexibility index (Phi) is 5.60. The van der Waals surface area contributed by atoms with Crippen LogP contribution in [0.25, 0.3) is 0 Å². The Labute approximate surface area is 128 Å². The highest BCUT2D eigenvalue weighted by atomic mass is 32.2. The first kappa shape index (κ1) is 15.8. The Balaban J connectivity index is 1.72. The topological polar surface area (TPSA) is 81.4 Å². The fourth-order valence-electron chi connectivity index (χ4n) is 1.73. The summed E-state index contributed by atoms with van der Waals surface area (Å²) in [6, 6.07) is 9.00. The summed E-state index contributed by atoms with van der Waals surface area (Å²) >= 11 is 1.60. The molecular formula is C14H18N2O3S2. The zero-order valence-electron chi connectivity index (χ0n) is 11.5. The molecule has 0 saturated heterocycles. The molecule has 2 rings (SSSR count). The number of para-hydroxylation sites is 2. The second-order valence-electron chi connectivity index (χ2n) is 4.48. The van der Waals surface area contributed by atoms with E-state index in [1.54, 1.807) is 35.6 Å².